The van der Waals surface area contributed by atoms with Gasteiger partial charge in [0, 0.05) is 24.0 Å². The molecule has 3 aromatic rings. The zero-order valence-electron chi connectivity index (χ0n) is 14.8. The van der Waals surface area contributed by atoms with Gasteiger partial charge in [-0.3, -0.25) is 0 Å². The maximum absolute atomic E-state index is 9.94. The Hall–Kier alpha value is -3.14. The molecule has 2 heterocycles. The second-order valence-electron chi connectivity index (χ2n) is 6.59. The molecule has 1 aliphatic rings. The summed E-state index contributed by atoms with van der Waals surface area (Å²) in [6.45, 7) is 0.537. The van der Waals surface area contributed by atoms with Crippen molar-refractivity contribution in [3.63, 3.8) is 0 Å². The van der Waals surface area contributed by atoms with E-state index in [1.165, 1.54) is 0 Å². The minimum absolute atomic E-state index is 0.269. The van der Waals surface area contributed by atoms with E-state index in [4.69, 9.17) is 4.74 Å². The Bertz CT molecular complexity index is 1020. The lowest BCUT2D eigenvalue weighted by Gasteiger charge is -2.21. The van der Waals surface area contributed by atoms with Gasteiger partial charge >= 0.3 is 0 Å². The fourth-order valence-electron chi connectivity index (χ4n) is 3.56. The molecule has 6 heteroatoms. The van der Waals surface area contributed by atoms with Gasteiger partial charge in [0.2, 0.25) is 0 Å². The van der Waals surface area contributed by atoms with Crippen molar-refractivity contribution in [2.24, 2.45) is 0 Å². The van der Waals surface area contributed by atoms with E-state index in [0.29, 0.717) is 17.3 Å². The minimum atomic E-state index is -0.834. The first-order valence-electron chi connectivity index (χ1n) is 8.70. The summed E-state index contributed by atoms with van der Waals surface area (Å²) in [5.74, 6) is 1.27. The molecule has 1 fully saturated rings. The van der Waals surface area contributed by atoms with Crippen LogP contribution in [0.2, 0.25) is 0 Å². The highest BCUT2D eigenvalue weighted by Gasteiger charge is 2.32. The van der Waals surface area contributed by atoms with Crippen LogP contribution in [0.4, 0.5) is 5.82 Å². The molecule has 4 rings (SSSR count). The molecule has 136 valence electrons. The number of β-amino-alcohol motifs (C(OH)–C–C–N with tert-alkyl or cyclic N) is 2. The second-order valence-corrected chi connectivity index (χ2v) is 6.59. The number of methoxy groups -OCH3 is 1. The van der Waals surface area contributed by atoms with Crippen LogP contribution in [-0.2, 0) is 0 Å². The second kappa shape index (κ2) is 6.88. The molecule has 6 nitrogen and oxygen atoms in total. The number of aliphatic hydroxyl groups is 2. The molecule has 1 aliphatic heterocycles. The summed E-state index contributed by atoms with van der Waals surface area (Å²) in [7, 11) is 1.60. The quantitative estimate of drug-likeness (QED) is 0.744. The molecular weight excluding hydrogens is 342 g/mol. The van der Waals surface area contributed by atoms with Crippen LogP contribution in [0.5, 0.6) is 5.75 Å². The minimum Gasteiger partial charge on any atom is -0.497 e. The van der Waals surface area contributed by atoms with Crippen LogP contribution >= 0.6 is 0 Å². The van der Waals surface area contributed by atoms with Crippen LogP contribution in [-0.4, -0.2) is 47.6 Å². The van der Waals surface area contributed by atoms with Crippen molar-refractivity contribution in [3.05, 3.63) is 54.2 Å². The fraction of sp³-hybridized carbons (Fsp3) is 0.238. The third kappa shape index (κ3) is 2.97. The summed E-state index contributed by atoms with van der Waals surface area (Å²) in [5.41, 5.74) is 1.94. The third-order valence-electron chi connectivity index (χ3n) is 4.92. The largest absolute Gasteiger partial charge is 0.497 e. The number of hydrogen-bond donors (Lipinski definition) is 2. The highest BCUT2D eigenvalue weighted by atomic mass is 16.5. The van der Waals surface area contributed by atoms with E-state index in [9.17, 15) is 15.5 Å². The van der Waals surface area contributed by atoms with E-state index in [-0.39, 0.29) is 13.1 Å². The van der Waals surface area contributed by atoms with Gasteiger partial charge in [0.05, 0.1) is 19.3 Å². The van der Waals surface area contributed by atoms with Crippen LogP contribution < -0.4 is 9.64 Å². The normalized spacial score (nSPS) is 19.3. The zero-order valence-corrected chi connectivity index (χ0v) is 14.8. The Morgan fingerprint density at radius 3 is 2.41 bits per heavy atom. The van der Waals surface area contributed by atoms with E-state index in [1.807, 2.05) is 53.4 Å². The Morgan fingerprint density at radius 1 is 1.07 bits per heavy atom. The number of aromatic nitrogens is 1. The first-order valence-corrected chi connectivity index (χ1v) is 8.70. The van der Waals surface area contributed by atoms with Crippen LogP contribution in [0.15, 0.2) is 48.5 Å². The molecule has 0 amide bonds. The number of hydrogen-bond acceptors (Lipinski definition) is 6. The van der Waals surface area contributed by atoms with E-state index < -0.39 is 12.2 Å². The highest BCUT2D eigenvalue weighted by molar-refractivity contribution is 6.04. The van der Waals surface area contributed by atoms with Crippen molar-refractivity contribution in [1.29, 1.82) is 5.26 Å². The molecule has 0 aliphatic carbocycles. The molecule has 2 N–H and O–H groups in total. The average molecular weight is 361 g/mol. The maximum Gasteiger partial charge on any atom is 0.151 e. The van der Waals surface area contributed by atoms with Gasteiger partial charge in [0.25, 0.3) is 0 Å². The van der Waals surface area contributed by atoms with Crippen LogP contribution in [0, 0.1) is 11.3 Å². The summed E-state index contributed by atoms with van der Waals surface area (Å²) in [6.07, 6.45) is -1.67. The molecule has 0 bridgehead atoms. The van der Waals surface area contributed by atoms with Gasteiger partial charge in [-0.25, -0.2) is 4.98 Å². The number of fused-ring (bicyclic) bond motifs is 1. The van der Waals surface area contributed by atoms with E-state index in [0.717, 1.165) is 21.9 Å². The lowest BCUT2D eigenvalue weighted by Crippen LogP contribution is -2.23. The number of nitrogens with zero attached hydrogens (tertiary/aromatic N) is 3. The van der Waals surface area contributed by atoms with Gasteiger partial charge in [-0.2, -0.15) is 5.26 Å². The zero-order chi connectivity index (χ0) is 19.0. The Balaban J connectivity index is 2.01. The number of ether oxygens (including phenoxy) is 1. The monoisotopic (exact) mass is 361 g/mol. The van der Waals surface area contributed by atoms with Gasteiger partial charge in [0.1, 0.15) is 17.6 Å². The van der Waals surface area contributed by atoms with Crippen molar-refractivity contribution in [2.75, 3.05) is 25.1 Å². The van der Waals surface area contributed by atoms with Crippen LogP contribution in [0.3, 0.4) is 0 Å². The number of rotatable bonds is 3. The molecule has 1 aromatic heterocycles. The predicted octanol–water partition coefficient (Wildman–Crippen LogP) is 2.32. The molecule has 1 saturated heterocycles. The summed E-state index contributed by atoms with van der Waals surface area (Å²) >= 11 is 0. The van der Waals surface area contributed by atoms with Gasteiger partial charge in [-0.15, -0.1) is 0 Å². The summed E-state index contributed by atoms with van der Waals surface area (Å²) in [4.78, 5) is 6.42. The van der Waals surface area contributed by atoms with Crippen LogP contribution in [0.1, 0.15) is 5.69 Å². The van der Waals surface area contributed by atoms with Gasteiger partial charge in [-0.1, -0.05) is 30.3 Å². The molecule has 0 spiro atoms. The van der Waals surface area contributed by atoms with Crippen LogP contribution in [0.25, 0.3) is 21.9 Å². The first kappa shape index (κ1) is 17.3. The number of aliphatic hydroxyl groups excluding tert-OH is 2. The number of pyridine rings is 1. The Labute approximate surface area is 156 Å². The topological polar surface area (TPSA) is 89.6 Å². The number of anilines is 1. The molecule has 0 unspecified atom stereocenters. The van der Waals surface area contributed by atoms with E-state index in [2.05, 4.69) is 11.1 Å². The molecule has 0 saturated carbocycles. The number of nitriles is 1. The van der Waals surface area contributed by atoms with E-state index in [1.54, 1.807) is 7.11 Å². The van der Waals surface area contributed by atoms with Gasteiger partial charge in [-0.05, 0) is 29.1 Å². The fourth-order valence-corrected chi connectivity index (χ4v) is 3.56. The van der Waals surface area contributed by atoms with Gasteiger partial charge in [0.15, 0.2) is 5.69 Å². The summed E-state index contributed by atoms with van der Waals surface area (Å²) < 4.78 is 5.39. The maximum atomic E-state index is 9.94. The lowest BCUT2D eigenvalue weighted by atomic mass is 9.96. The van der Waals surface area contributed by atoms with Crippen molar-refractivity contribution < 1.29 is 14.9 Å². The number of benzene rings is 2. The van der Waals surface area contributed by atoms with Crippen molar-refractivity contribution in [1.82, 2.24) is 4.98 Å². The van der Waals surface area contributed by atoms with Crippen molar-refractivity contribution in [2.45, 2.75) is 12.2 Å². The van der Waals surface area contributed by atoms with E-state index >= 15 is 0 Å². The lowest BCUT2D eigenvalue weighted by molar-refractivity contribution is 0.0572. The third-order valence-corrected chi connectivity index (χ3v) is 4.92. The predicted molar refractivity (Wildman–Crippen MR) is 103 cm³/mol. The molecule has 2 atom stereocenters. The van der Waals surface area contributed by atoms with Crippen molar-refractivity contribution in [3.8, 4) is 22.9 Å². The molecule has 2 aromatic carbocycles. The first-order chi connectivity index (χ1) is 13.1. The molecular formula is C21H19N3O3. The standard InChI is InChI=1S/C21H19N3O3/c1-27-14-7-8-15-16(9-14)20(13-5-3-2-4-6-13)17(10-22)23-21(15)24-11-18(25)19(26)12-24/h2-9,18-19,25-26H,11-12H2,1H3/t18-,19-/m1/s1. The Kier molecular flexibility index (Phi) is 4.40. The SMILES string of the molecule is COc1ccc2c(N3C[C@@H](O)[C@H](O)C3)nc(C#N)c(-c3ccccc3)c2c1. The van der Waals surface area contributed by atoms with Crippen molar-refractivity contribution >= 4 is 16.6 Å². The molecule has 27 heavy (non-hydrogen) atoms. The van der Waals surface area contributed by atoms with Gasteiger partial charge < -0.3 is 19.8 Å². The summed E-state index contributed by atoms with van der Waals surface area (Å²) in [5, 5.41) is 31.3. The Morgan fingerprint density at radius 2 is 1.78 bits per heavy atom. The average Bonchev–Trinajstić information content (AvgIpc) is 3.05. The summed E-state index contributed by atoms with van der Waals surface area (Å²) in [6, 6.07) is 17.5. The highest BCUT2D eigenvalue weighted by Crippen LogP contribution is 2.38. The molecule has 0 radical (unpaired) electrons. The smallest absolute Gasteiger partial charge is 0.151 e.